The molecule has 0 aliphatic heterocycles. The molecule has 0 aromatic carbocycles. The zero-order valence-electron chi connectivity index (χ0n) is 6.35. The van der Waals surface area contributed by atoms with Crippen LogP contribution < -0.4 is 0 Å². The summed E-state index contributed by atoms with van der Waals surface area (Å²) in [6.07, 6.45) is 1.95. The van der Waals surface area contributed by atoms with Crippen molar-refractivity contribution in [3.8, 4) is 0 Å². The maximum Gasteiger partial charge on any atom is 0.154 e. The zero-order chi connectivity index (χ0) is 7.82. The van der Waals surface area contributed by atoms with Crippen molar-refractivity contribution in [1.82, 2.24) is 0 Å². The van der Waals surface area contributed by atoms with E-state index in [1.54, 1.807) is 0 Å². The van der Waals surface area contributed by atoms with Gasteiger partial charge in [0.25, 0.3) is 0 Å². The van der Waals surface area contributed by atoms with E-state index in [4.69, 9.17) is 21.4 Å². The second-order valence-electron chi connectivity index (χ2n) is 2.13. The van der Waals surface area contributed by atoms with Crippen LogP contribution in [0.3, 0.4) is 0 Å². The molecule has 2 nitrogen and oxygen atoms in total. The molecule has 1 N–H and O–H groups in total. The number of halogens is 1. The number of alkyl halides is 1. The summed E-state index contributed by atoms with van der Waals surface area (Å²) in [7, 11) is 0. The molecule has 0 aromatic rings. The van der Waals surface area contributed by atoms with Crippen LogP contribution in [0.15, 0.2) is 0 Å². The Labute approximate surface area is 67.1 Å². The van der Waals surface area contributed by atoms with Gasteiger partial charge in [-0.25, -0.2) is 0 Å². The smallest absolute Gasteiger partial charge is 0.154 e. The third-order valence-corrected chi connectivity index (χ3v) is 1.45. The van der Waals surface area contributed by atoms with Crippen molar-refractivity contribution in [2.45, 2.75) is 32.5 Å². The second-order valence-corrected chi connectivity index (χ2v) is 2.51. The van der Waals surface area contributed by atoms with Gasteiger partial charge in [-0.2, -0.15) is 0 Å². The minimum absolute atomic E-state index is 0.588. The fraction of sp³-hybridized carbons (Fsp3) is 1.00. The topological polar surface area (TPSA) is 29.5 Å². The Balaban J connectivity index is 2.89. The van der Waals surface area contributed by atoms with Crippen molar-refractivity contribution in [1.29, 1.82) is 0 Å². The Morgan fingerprint density at radius 2 is 2.20 bits per heavy atom. The maximum absolute atomic E-state index is 8.90. The highest BCUT2D eigenvalue weighted by molar-refractivity contribution is 6.17. The van der Waals surface area contributed by atoms with Gasteiger partial charge in [0.05, 0.1) is 0 Å². The van der Waals surface area contributed by atoms with E-state index in [0.717, 1.165) is 12.8 Å². The van der Waals surface area contributed by atoms with Gasteiger partial charge in [0.1, 0.15) is 0 Å². The first-order chi connectivity index (χ1) is 4.81. The molecule has 0 saturated carbocycles. The molecular formula is C7H15ClO2. The van der Waals surface area contributed by atoms with Crippen LogP contribution in [0, 0.1) is 0 Å². The van der Waals surface area contributed by atoms with Crippen molar-refractivity contribution in [2.24, 2.45) is 0 Å². The van der Waals surface area contributed by atoms with Crippen LogP contribution in [0.2, 0.25) is 0 Å². The molecule has 62 valence electrons. The first-order valence-corrected chi connectivity index (χ1v) is 4.20. The number of hydrogen-bond acceptors (Lipinski definition) is 2. The Morgan fingerprint density at radius 3 is 2.70 bits per heavy atom. The monoisotopic (exact) mass is 166 g/mol. The predicted octanol–water partition coefficient (Wildman–Crippen LogP) is 1.75. The van der Waals surface area contributed by atoms with Gasteiger partial charge >= 0.3 is 0 Å². The lowest BCUT2D eigenvalue weighted by molar-refractivity contribution is -0.100. The second kappa shape index (κ2) is 7.32. The van der Waals surface area contributed by atoms with Crippen LogP contribution in [0.5, 0.6) is 0 Å². The van der Waals surface area contributed by atoms with E-state index in [9.17, 15) is 0 Å². The molecule has 3 heteroatoms. The van der Waals surface area contributed by atoms with Gasteiger partial charge in [-0.15, -0.1) is 11.6 Å². The highest BCUT2D eigenvalue weighted by Crippen LogP contribution is 1.97. The molecule has 0 bridgehead atoms. The van der Waals surface area contributed by atoms with Gasteiger partial charge in [0.2, 0.25) is 0 Å². The quantitative estimate of drug-likeness (QED) is 0.370. The third kappa shape index (κ3) is 6.33. The summed E-state index contributed by atoms with van der Waals surface area (Å²) in [6.45, 7) is 2.49. The van der Waals surface area contributed by atoms with Gasteiger partial charge < -0.3 is 9.84 Å². The minimum Gasteiger partial charge on any atom is -0.368 e. The van der Waals surface area contributed by atoms with Gasteiger partial charge in [-0.3, -0.25) is 0 Å². The molecule has 10 heavy (non-hydrogen) atoms. The van der Waals surface area contributed by atoms with E-state index in [0.29, 0.717) is 18.9 Å². The lowest BCUT2D eigenvalue weighted by Crippen LogP contribution is -2.10. The van der Waals surface area contributed by atoms with Crippen LogP contribution in [-0.4, -0.2) is 23.9 Å². The highest BCUT2D eigenvalue weighted by Gasteiger charge is 1.97. The number of rotatable bonds is 6. The van der Waals surface area contributed by atoms with E-state index in [1.165, 1.54) is 0 Å². The van der Waals surface area contributed by atoms with E-state index in [1.807, 2.05) is 6.92 Å². The molecule has 1 unspecified atom stereocenters. The molecule has 0 fully saturated rings. The van der Waals surface area contributed by atoms with E-state index in [-0.39, 0.29) is 0 Å². The summed E-state index contributed by atoms with van der Waals surface area (Å²) in [6, 6.07) is 0. The normalized spacial score (nSPS) is 13.5. The zero-order valence-corrected chi connectivity index (χ0v) is 7.10. The van der Waals surface area contributed by atoms with Crippen molar-refractivity contribution in [2.75, 3.05) is 12.5 Å². The Bertz CT molecular complexity index is 68.6. The van der Waals surface area contributed by atoms with Crippen LogP contribution in [0.4, 0.5) is 0 Å². The van der Waals surface area contributed by atoms with Crippen molar-refractivity contribution < 1.29 is 9.84 Å². The molecule has 0 radical (unpaired) electrons. The lowest BCUT2D eigenvalue weighted by atomic mass is 10.3. The van der Waals surface area contributed by atoms with E-state index >= 15 is 0 Å². The first kappa shape index (κ1) is 10.2. The standard InChI is InChI=1S/C7H15ClO2/c1-2-7(9)10-6-4-3-5-8/h7,9H,2-6H2,1H3. The predicted molar refractivity (Wildman–Crippen MR) is 42.2 cm³/mol. The first-order valence-electron chi connectivity index (χ1n) is 3.67. The van der Waals surface area contributed by atoms with Crippen LogP contribution in [-0.2, 0) is 4.74 Å². The average Bonchev–Trinajstić information content (AvgIpc) is 1.98. The minimum atomic E-state index is -0.588. The number of hydrogen-bond donors (Lipinski definition) is 1. The molecule has 0 amide bonds. The average molecular weight is 167 g/mol. The summed E-state index contributed by atoms with van der Waals surface area (Å²) in [5.41, 5.74) is 0. The van der Waals surface area contributed by atoms with Crippen molar-refractivity contribution in [3.05, 3.63) is 0 Å². The molecule has 0 rings (SSSR count). The Morgan fingerprint density at radius 1 is 1.50 bits per heavy atom. The van der Waals surface area contributed by atoms with E-state index < -0.39 is 6.29 Å². The molecule has 0 heterocycles. The number of aliphatic hydroxyl groups is 1. The molecule has 0 aromatic heterocycles. The van der Waals surface area contributed by atoms with Gasteiger partial charge in [-0.05, 0) is 19.3 Å². The van der Waals surface area contributed by atoms with E-state index in [2.05, 4.69) is 0 Å². The Kier molecular flexibility index (Phi) is 7.47. The third-order valence-electron chi connectivity index (χ3n) is 1.19. The maximum atomic E-state index is 8.90. The van der Waals surface area contributed by atoms with Crippen LogP contribution in [0.1, 0.15) is 26.2 Å². The van der Waals surface area contributed by atoms with Gasteiger partial charge in [0, 0.05) is 12.5 Å². The summed E-state index contributed by atoms with van der Waals surface area (Å²) in [5, 5.41) is 8.90. The number of unbranched alkanes of at least 4 members (excludes halogenated alkanes) is 1. The number of ether oxygens (including phenoxy) is 1. The van der Waals surface area contributed by atoms with Crippen molar-refractivity contribution in [3.63, 3.8) is 0 Å². The van der Waals surface area contributed by atoms with Gasteiger partial charge in [0.15, 0.2) is 6.29 Å². The lowest BCUT2D eigenvalue weighted by Gasteiger charge is -2.07. The molecular weight excluding hydrogens is 152 g/mol. The molecule has 0 spiro atoms. The Hall–Kier alpha value is 0.210. The van der Waals surface area contributed by atoms with Crippen molar-refractivity contribution >= 4 is 11.6 Å². The fourth-order valence-electron chi connectivity index (χ4n) is 0.534. The molecule has 0 aliphatic rings. The molecule has 1 atom stereocenters. The highest BCUT2D eigenvalue weighted by atomic mass is 35.5. The fourth-order valence-corrected chi connectivity index (χ4v) is 0.723. The van der Waals surface area contributed by atoms with Crippen LogP contribution >= 0.6 is 11.6 Å². The summed E-state index contributed by atoms with van der Waals surface area (Å²) in [5.74, 6) is 0.672. The SMILES string of the molecule is CCC(O)OCCCCCl. The molecule has 0 saturated heterocycles. The van der Waals surface area contributed by atoms with Crippen LogP contribution in [0.25, 0.3) is 0 Å². The largest absolute Gasteiger partial charge is 0.368 e. The number of aliphatic hydroxyl groups excluding tert-OH is 1. The molecule has 0 aliphatic carbocycles. The summed E-state index contributed by atoms with van der Waals surface area (Å²) in [4.78, 5) is 0. The summed E-state index contributed by atoms with van der Waals surface area (Å²) >= 11 is 5.43. The van der Waals surface area contributed by atoms with Gasteiger partial charge in [-0.1, -0.05) is 6.92 Å². The summed E-state index contributed by atoms with van der Waals surface area (Å²) < 4.78 is 4.99.